The zero-order chi connectivity index (χ0) is 12.4. The van der Waals surface area contributed by atoms with Crippen molar-refractivity contribution in [3.8, 4) is 12.3 Å². The van der Waals surface area contributed by atoms with Gasteiger partial charge in [-0.05, 0) is 25.0 Å². The molecule has 0 aromatic heterocycles. The van der Waals surface area contributed by atoms with Gasteiger partial charge < -0.3 is 10.4 Å². The molecule has 0 rings (SSSR count). The minimum atomic E-state index is -0.491. The molecule has 0 aromatic rings. The second kappa shape index (κ2) is 8.49. The molecule has 0 atom stereocenters. The molecule has 16 heavy (non-hydrogen) atoms. The second-order valence-corrected chi connectivity index (χ2v) is 4.72. The van der Waals surface area contributed by atoms with Crippen LogP contribution in [-0.4, -0.2) is 34.7 Å². The number of aliphatic hydroxyl groups is 1. The molecule has 0 saturated carbocycles. The molecule has 0 aliphatic rings. The Kier molecular flexibility index (Phi) is 8.14. The molecule has 0 fully saturated rings. The summed E-state index contributed by atoms with van der Waals surface area (Å²) in [4.78, 5) is 11.6. The van der Waals surface area contributed by atoms with Gasteiger partial charge in [-0.25, -0.2) is 0 Å². The summed E-state index contributed by atoms with van der Waals surface area (Å²) >= 11 is 1.52. The molecule has 0 heterocycles. The van der Waals surface area contributed by atoms with E-state index in [1.165, 1.54) is 11.8 Å². The lowest BCUT2D eigenvalue weighted by atomic mass is 9.94. The van der Waals surface area contributed by atoms with E-state index in [4.69, 9.17) is 11.5 Å². The Labute approximate surface area is 102 Å². The highest BCUT2D eigenvalue weighted by molar-refractivity contribution is 7.99. The van der Waals surface area contributed by atoms with Gasteiger partial charge in [0.1, 0.15) is 5.54 Å². The van der Waals surface area contributed by atoms with Gasteiger partial charge in [0.2, 0.25) is 5.91 Å². The van der Waals surface area contributed by atoms with Crippen molar-refractivity contribution in [2.75, 3.05) is 18.1 Å². The van der Waals surface area contributed by atoms with Crippen LogP contribution in [0.4, 0.5) is 0 Å². The molecule has 1 amide bonds. The quantitative estimate of drug-likeness (QED) is 0.500. The van der Waals surface area contributed by atoms with Crippen LogP contribution in [0.2, 0.25) is 0 Å². The summed E-state index contributed by atoms with van der Waals surface area (Å²) in [6, 6.07) is 0. The van der Waals surface area contributed by atoms with E-state index in [9.17, 15) is 4.79 Å². The molecule has 92 valence electrons. The summed E-state index contributed by atoms with van der Waals surface area (Å²) in [5.41, 5.74) is -0.491. The fraction of sp³-hybridized carbons (Fsp3) is 0.750. The maximum atomic E-state index is 11.6. The number of nitrogens with one attached hydrogen (secondary N) is 1. The lowest BCUT2D eigenvalue weighted by Crippen LogP contribution is -2.47. The number of amides is 1. The van der Waals surface area contributed by atoms with E-state index in [-0.39, 0.29) is 12.5 Å². The Morgan fingerprint density at radius 2 is 2.12 bits per heavy atom. The Balaban J connectivity index is 3.98. The van der Waals surface area contributed by atoms with Gasteiger partial charge in [-0.15, -0.1) is 6.42 Å². The minimum absolute atomic E-state index is 0.0235. The summed E-state index contributed by atoms with van der Waals surface area (Å²) in [7, 11) is 0. The van der Waals surface area contributed by atoms with E-state index in [1.54, 1.807) is 0 Å². The molecule has 4 heteroatoms. The molecule has 0 spiro atoms. The van der Waals surface area contributed by atoms with Crippen molar-refractivity contribution in [2.24, 2.45) is 0 Å². The zero-order valence-electron chi connectivity index (χ0n) is 10.1. The highest BCUT2D eigenvalue weighted by Gasteiger charge is 2.24. The van der Waals surface area contributed by atoms with E-state index >= 15 is 0 Å². The van der Waals surface area contributed by atoms with Crippen molar-refractivity contribution >= 4 is 17.7 Å². The van der Waals surface area contributed by atoms with Gasteiger partial charge in [0.25, 0.3) is 0 Å². The first-order valence-electron chi connectivity index (χ1n) is 5.61. The molecule has 0 bridgehead atoms. The van der Waals surface area contributed by atoms with Crippen LogP contribution in [0.25, 0.3) is 0 Å². The van der Waals surface area contributed by atoms with E-state index in [0.29, 0.717) is 5.75 Å². The summed E-state index contributed by atoms with van der Waals surface area (Å²) in [5, 5.41) is 11.5. The molecule has 2 N–H and O–H groups in total. The average molecular weight is 243 g/mol. The molecule has 3 nitrogen and oxygen atoms in total. The van der Waals surface area contributed by atoms with Crippen LogP contribution in [0.5, 0.6) is 0 Å². The van der Waals surface area contributed by atoms with Crippen LogP contribution in [0, 0.1) is 12.3 Å². The summed E-state index contributed by atoms with van der Waals surface area (Å²) in [6.07, 6.45) is 7.66. The van der Waals surface area contributed by atoms with Crippen LogP contribution in [-0.2, 0) is 4.79 Å². The summed E-state index contributed by atoms with van der Waals surface area (Å²) in [6.45, 7) is 4.12. The Bertz CT molecular complexity index is 244. The fourth-order valence-electron chi connectivity index (χ4n) is 1.30. The molecule has 0 unspecified atom stereocenters. The zero-order valence-corrected chi connectivity index (χ0v) is 10.9. The second-order valence-electron chi connectivity index (χ2n) is 3.61. The monoisotopic (exact) mass is 243 g/mol. The van der Waals surface area contributed by atoms with Gasteiger partial charge in [-0.3, -0.25) is 4.79 Å². The van der Waals surface area contributed by atoms with Crippen LogP contribution >= 0.6 is 11.8 Å². The van der Waals surface area contributed by atoms with Crippen molar-refractivity contribution < 1.29 is 9.90 Å². The topological polar surface area (TPSA) is 49.3 Å². The Morgan fingerprint density at radius 1 is 1.50 bits per heavy atom. The minimum Gasteiger partial charge on any atom is -0.396 e. The maximum absolute atomic E-state index is 11.6. The number of terminal acetylenes is 1. The van der Waals surface area contributed by atoms with Crippen molar-refractivity contribution in [1.82, 2.24) is 5.32 Å². The van der Waals surface area contributed by atoms with E-state index in [1.807, 2.05) is 13.8 Å². The molecule has 0 aliphatic carbocycles. The Morgan fingerprint density at radius 3 is 2.56 bits per heavy atom. The van der Waals surface area contributed by atoms with Gasteiger partial charge in [0, 0.05) is 6.61 Å². The lowest BCUT2D eigenvalue weighted by molar-refractivity contribution is -0.119. The summed E-state index contributed by atoms with van der Waals surface area (Å²) in [5.74, 6) is 3.85. The van der Waals surface area contributed by atoms with Crippen LogP contribution in [0.15, 0.2) is 0 Å². The van der Waals surface area contributed by atoms with E-state index in [0.717, 1.165) is 25.0 Å². The standard InChI is InChI=1S/C12H21NO2S/c1-4-12(5-2,6-3)13-11(15)10-16-9-7-8-14/h1,14H,5-10H2,2-3H3,(H,13,15). The number of aliphatic hydroxyl groups excluding tert-OH is 1. The smallest absolute Gasteiger partial charge is 0.231 e. The van der Waals surface area contributed by atoms with Crippen molar-refractivity contribution in [2.45, 2.75) is 38.6 Å². The highest BCUT2D eigenvalue weighted by atomic mass is 32.2. The Hall–Kier alpha value is -0.660. The third kappa shape index (κ3) is 5.43. The SMILES string of the molecule is C#CC(CC)(CC)NC(=O)CSCCCO. The number of rotatable bonds is 8. The molecular formula is C12H21NO2S. The van der Waals surface area contributed by atoms with Crippen LogP contribution in [0.1, 0.15) is 33.1 Å². The van der Waals surface area contributed by atoms with Gasteiger partial charge in [-0.1, -0.05) is 19.8 Å². The van der Waals surface area contributed by atoms with Gasteiger partial charge >= 0.3 is 0 Å². The van der Waals surface area contributed by atoms with Crippen LogP contribution in [0.3, 0.4) is 0 Å². The third-order valence-corrected chi connectivity index (χ3v) is 3.59. The number of thioether (sulfide) groups is 1. The van der Waals surface area contributed by atoms with Crippen molar-refractivity contribution in [1.29, 1.82) is 0 Å². The maximum Gasteiger partial charge on any atom is 0.231 e. The van der Waals surface area contributed by atoms with Crippen molar-refractivity contribution in [3.63, 3.8) is 0 Å². The van der Waals surface area contributed by atoms with Crippen molar-refractivity contribution in [3.05, 3.63) is 0 Å². The third-order valence-electron chi connectivity index (χ3n) is 2.54. The fourth-order valence-corrected chi connectivity index (χ4v) is 2.04. The number of carbonyl (C=O) groups excluding carboxylic acids is 1. The number of carbonyl (C=O) groups is 1. The molecule has 0 aliphatic heterocycles. The van der Waals surface area contributed by atoms with Gasteiger partial charge in [-0.2, -0.15) is 11.8 Å². The summed E-state index contributed by atoms with van der Waals surface area (Å²) < 4.78 is 0. The largest absolute Gasteiger partial charge is 0.396 e. The first-order chi connectivity index (χ1) is 7.64. The number of hydrogen-bond acceptors (Lipinski definition) is 3. The number of hydrogen-bond donors (Lipinski definition) is 2. The molecule has 0 radical (unpaired) electrons. The van der Waals surface area contributed by atoms with E-state index < -0.39 is 5.54 Å². The normalized spacial score (nSPS) is 10.9. The lowest BCUT2D eigenvalue weighted by Gasteiger charge is -2.26. The predicted molar refractivity (Wildman–Crippen MR) is 69.3 cm³/mol. The molecular weight excluding hydrogens is 222 g/mol. The van der Waals surface area contributed by atoms with Crippen LogP contribution < -0.4 is 5.32 Å². The molecule has 0 saturated heterocycles. The first kappa shape index (κ1) is 15.3. The highest BCUT2D eigenvalue weighted by Crippen LogP contribution is 2.14. The van der Waals surface area contributed by atoms with Gasteiger partial charge in [0.05, 0.1) is 5.75 Å². The predicted octanol–water partition coefficient (Wildman–Crippen LogP) is 1.41. The first-order valence-corrected chi connectivity index (χ1v) is 6.77. The van der Waals surface area contributed by atoms with E-state index in [2.05, 4.69) is 11.2 Å². The average Bonchev–Trinajstić information content (AvgIpc) is 2.32. The molecule has 0 aromatic carbocycles. The van der Waals surface area contributed by atoms with Gasteiger partial charge in [0.15, 0.2) is 0 Å².